The Morgan fingerprint density at radius 3 is 3.00 bits per heavy atom. The van der Waals surface area contributed by atoms with Crippen molar-refractivity contribution in [1.29, 1.82) is 0 Å². The molecule has 2 rings (SSSR count). The molecule has 106 valence electrons. The molecule has 0 spiro atoms. The van der Waals surface area contributed by atoms with Crippen LogP contribution in [0.4, 0.5) is 5.13 Å². The topological polar surface area (TPSA) is 67.3 Å². The predicted molar refractivity (Wildman–Crippen MR) is 76.8 cm³/mol. The molecule has 0 atom stereocenters. The van der Waals surface area contributed by atoms with Gasteiger partial charge >= 0.3 is 0 Å². The minimum Gasteiger partial charge on any atom is -0.375 e. The first-order valence-corrected chi connectivity index (χ1v) is 8.05. The first-order valence-electron chi connectivity index (χ1n) is 6.25. The number of hydrogen-bond acceptors (Lipinski definition) is 7. The first-order chi connectivity index (χ1) is 9.28. The van der Waals surface area contributed by atoms with Crippen LogP contribution >= 0.6 is 23.1 Å². The summed E-state index contributed by atoms with van der Waals surface area (Å²) in [4.78, 5) is 13.8. The zero-order valence-electron chi connectivity index (χ0n) is 10.9. The number of aromatic nitrogens is 2. The maximum atomic E-state index is 11.3. The number of nitrogens with zero attached hydrogens (tertiary/aromatic N) is 3. The van der Waals surface area contributed by atoms with E-state index < -0.39 is 0 Å². The third kappa shape index (κ3) is 5.06. The second-order valence-electron chi connectivity index (χ2n) is 4.25. The summed E-state index contributed by atoms with van der Waals surface area (Å²) < 4.78 is 5.63. The fourth-order valence-corrected chi connectivity index (χ4v) is 3.71. The lowest BCUT2D eigenvalue weighted by molar-refractivity contribution is -0.119. The highest BCUT2D eigenvalue weighted by molar-refractivity contribution is 8.01. The molecule has 0 aromatic carbocycles. The molecule has 1 aliphatic heterocycles. The fraction of sp³-hybridized carbons (Fsp3) is 0.727. The van der Waals surface area contributed by atoms with E-state index in [1.807, 2.05) is 0 Å². The molecule has 19 heavy (non-hydrogen) atoms. The van der Waals surface area contributed by atoms with Gasteiger partial charge in [-0.05, 0) is 25.9 Å². The Labute approximate surface area is 120 Å². The van der Waals surface area contributed by atoms with E-state index in [-0.39, 0.29) is 12.5 Å². The molecule has 1 N–H and O–H groups in total. The number of hydrogen-bond donors (Lipinski definition) is 1. The SMILES string of the molecule is COCC(=O)Nc1nnc(SCCN2CCCC2)s1. The van der Waals surface area contributed by atoms with Gasteiger partial charge in [0.2, 0.25) is 5.13 Å². The lowest BCUT2D eigenvalue weighted by Crippen LogP contribution is -2.21. The maximum Gasteiger partial charge on any atom is 0.252 e. The van der Waals surface area contributed by atoms with Crippen LogP contribution in [0.2, 0.25) is 0 Å². The summed E-state index contributed by atoms with van der Waals surface area (Å²) in [5.41, 5.74) is 0. The average Bonchev–Trinajstić information content (AvgIpc) is 3.01. The summed E-state index contributed by atoms with van der Waals surface area (Å²) in [6.07, 6.45) is 2.64. The Kier molecular flexibility index (Phi) is 6.02. The van der Waals surface area contributed by atoms with Crippen LogP contribution in [0.15, 0.2) is 4.34 Å². The van der Waals surface area contributed by atoms with Crippen LogP contribution in [0.3, 0.4) is 0 Å². The number of methoxy groups -OCH3 is 1. The van der Waals surface area contributed by atoms with E-state index in [2.05, 4.69) is 20.4 Å². The smallest absolute Gasteiger partial charge is 0.252 e. The molecular formula is C11H18N4O2S2. The van der Waals surface area contributed by atoms with Gasteiger partial charge in [-0.3, -0.25) is 10.1 Å². The first kappa shape index (κ1) is 14.7. The van der Waals surface area contributed by atoms with Crippen LogP contribution in [0, 0.1) is 0 Å². The van der Waals surface area contributed by atoms with Crippen molar-refractivity contribution in [3.8, 4) is 0 Å². The lowest BCUT2D eigenvalue weighted by Gasteiger charge is -2.12. The number of carbonyl (C=O) groups is 1. The highest BCUT2D eigenvalue weighted by Gasteiger charge is 2.12. The third-order valence-electron chi connectivity index (χ3n) is 2.76. The number of rotatable bonds is 7. The van der Waals surface area contributed by atoms with E-state index >= 15 is 0 Å². The van der Waals surface area contributed by atoms with Crippen molar-refractivity contribution in [1.82, 2.24) is 15.1 Å². The van der Waals surface area contributed by atoms with Crippen LogP contribution in [-0.4, -0.2) is 60.1 Å². The van der Waals surface area contributed by atoms with Gasteiger partial charge in [0.15, 0.2) is 4.34 Å². The van der Waals surface area contributed by atoms with Gasteiger partial charge in [-0.1, -0.05) is 23.1 Å². The molecule has 1 saturated heterocycles. The van der Waals surface area contributed by atoms with E-state index in [0.29, 0.717) is 5.13 Å². The summed E-state index contributed by atoms with van der Waals surface area (Å²) in [5.74, 6) is 0.813. The number of carbonyl (C=O) groups excluding carboxylic acids is 1. The Morgan fingerprint density at radius 1 is 1.47 bits per heavy atom. The fourth-order valence-electron chi connectivity index (χ4n) is 1.87. The van der Waals surface area contributed by atoms with Gasteiger partial charge in [-0.15, -0.1) is 10.2 Å². The Balaban J connectivity index is 1.69. The Bertz CT molecular complexity index is 407. The molecule has 2 heterocycles. The third-order valence-corrected chi connectivity index (χ3v) is 4.71. The van der Waals surface area contributed by atoms with E-state index in [9.17, 15) is 4.79 Å². The zero-order chi connectivity index (χ0) is 13.5. The van der Waals surface area contributed by atoms with E-state index in [4.69, 9.17) is 4.74 Å². The minimum atomic E-state index is -0.202. The van der Waals surface area contributed by atoms with E-state index in [0.717, 1.165) is 16.6 Å². The lowest BCUT2D eigenvalue weighted by atomic mass is 10.4. The normalized spacial score (nSPS) is 15.8. The maximum absolute atomic E-state index is 11.3. The van der Waals surface area contributed by atoms with Crippen molar-refractivity contribution in [2.75, 3.05) is 44.4 Å². The largest absolute Gasteiger partial charge is 0.375 e. The molecule has 1 amide bonds. The summed E-state index contributed by atoms with van der Waals surface area (Å²) in [6, 6.07) is 0. The van der Waals surface area contributed by atoms with Crippen molar-refractivity contribution in [2.45, 2.75) is 17.2 Å². The van der Waals surface area contributed by atoms with Gasteiger partial charge in [0.05, 0.1) is 0 Å². The Hall–Kier alpha value is -0.700. The van der Waals surface area contributed by atoms with E-state index in [1.165, 1.54) is 44.4 Å². The molecule has 1 aromatic heterocycles. The van der Waals surface area contributed by atoms with Gasteiger partial charge in [0.25, 0.3) is 5.91 Å². The summed E-state index contributed by atoms with van der Waals surface area (Å²) in [6.45, 7) is 3.57. The van der Waals surface area contributed by atoms with Gasteiger partial charge in [0.1, 0.15) is 6.61 Å². The molecule has 0 radical (unpaired) electrons. The number of thioether (sulfide) groups is 1. The molecule has 8 heteroatoms. The second kappa shape index (κ2) is 7.78. The molecule has 0 aliphatic carbocycles. The molecule has 0 bridgehead atoms. The molecule has 1 aromatic rings. The molecule has 1 aliphatic rings. The Morgan fingerprint density at radius 2 is 2.26 bits per heavy atom. The minimum absolute atomic E-state index is 0.0387. The molecule has 0 unspecified atom stereocenters. The highest BCUT2D eigenvalue weighted by Crippen LogP contribution is 2.25. The van der Waals surface area contributed by atoms with Crippen molar-refractivity contribution >= 4 is 34.1 Å². The highest BCUT2D eigenvalue weighted by atomic mass is 32.2. The van der Waals surface area contributed by atoms with Crippen LogP contribution in [0.1, 0.15) is 12.8 Å². The molecular weight excluding hydrogens is 284 g/mol. The predicted octanol–water partition coefficient (Wildman–Crippen LogP) is 1.31. The van der Waals surface area contributed by atoms with Crippen LogP contribution < -0.4 is 5.32 Å². The second-order valence-corrected chi connectivity index (χ2v) is 6.57. The van der Waals surface area contributed by atoms with Crippen molar-refractivity contribution in [3.63, 3.8) is 0 Å². The van der Waals surface area contributed by atoms with Crippen molar-refractivity contribution in [2.24, 2.45) is 0 Å². The standard InChI is InChI=1S/C11H18N4O2S2/c1-17-8-9(16)12-10-13-14-11(19-10)18-7-6-15-4-2-3-5-15/h2-8H2,1H3,(H,12,13,16). The number of anilines is 1. The number of nitrogens with one attached hydrogen (secondary N) is 1. The van der Waals surface area contributed by atoms with Crippen LogP contribution in [0.25, 0.3) is 0 Å². The van der Waals surface area contributed by atoms with Crippen molar-refractivity contribution in [3.05, 3.63) is 0 Å². The molecule has 1 fully saturated rings. The van der Waals surface area contributed by atoms with Crippen LogP contribution in [-0.2, 0) is 9.53 Å². The molecule has 0 saturated carbocycles. The number of ether oxygens (including phenoxy) is 1. The van der Waals surface area contributed by atoms with Gasteiger partial charge in [-0.2, -0.15) is 0 Å². The number of amides is 1. The van der Waals surface area contributed by atoms with Crippen LogP contribution in [0.5, 0.6) is 0 Å². The van der Waals surface area contributed by atoms with Crippen molar-refractivity contribution < 1.29 is 9.53 Å². The van der Waals surface area contributed by atoms with Gasteiger partial charge in [0, 0.05) is 19.4 Å². The molecule has 6 nitrogen and oxygen atoms in total. The average molecular weight is 302 g/mol. The van der Waals surface area contributed by atoms with E-state index in [1.54, 1.807) is 11.8 Å². The number of likely N-dealkylation sites (tertiary alicyclic amines) is 1. The van der Waals surface area contributed by atoms with Gasteiger partial charge < -0.3 is 9.64 Å². The summed E-state index contributed by atoms with van der Waals surface area (Å²) in [5, 5.41) is 11.2. The summed E-state index contributed by atoms with van der Waals surface area (Å²) >= 11 is 3.09. The monoisotopic (exact) mass is 302 g/mol. The van der Waals surface area contributed by atoms with Gasteiger partial charge in [-0.25, -0.2) is 0 Å². The summed E-state index contributed by atoms with van der Waals surface area (Å²) in [7, 11) is 1.49. The quantitative estimate of drug-likeness (QED) is 0.605. The zero-order valence-corrected chi connectivity index (χ0v) is 12.6.